The summed E-state index contributed by atoms with van der Waals surface area (Å²) >= 11 is 11.7. The van der Waals surface area contributed by atoms with Crippen LogP contribution in [0.25, 0.3) is 0 Å². The number of piperidine rings is 1. The maximum atomic E-state index is 13.1. The first kappa shape index (κ1) is 21.3. The van der Waals surface area contributed by atoms with Crippen molar-refractivity contribution in [2.45, 2.75) is 25.9 Å². The molecule has 3 rings (SSSR count). The number of benzene rings is 1. The normalized spacial score (nSPS) is 17.5. The van der Waals surface area contributed by atoms with Gasteiger partial charge in [0, 0.05) is 13.1 Å². The zero-order chi connectivity index (χ0) is 21.0. The minimum atomic E-state index is -1.03. The van der Waals surface area contributed by atoms with Gasteiger partial charge >= 0.3 is 5.97 Å². The fourth-order valence-corrected chi connectivity index (χ4v) is 3.32. The largest absolute Gasteiger partial charge is 0.452 e. The molecule has 1 aliphatic rings. The Balaban J connectivity index is 1.57. The molecule has 2 aromatic rings. The van der Waals surface area contributed by atoms with Gasteiger partial charge in [0.2, 0.25) is 0 Å². The molecule has 0 radical (unpaired) electrons. The molecule has 10 heteroatoms. The summed E-state index contributed by atoms with van der Waals surface area (Å²) in [7, 11) is 0. The minimum Gasteiger partial charge on any atom is -0.452 e. The third kappa shape index (κ3) is 5.55. The van der Waals surface area contributed by atoms with Crippen molar-refractivity contribution in [2.75, 3.05) is 23.3 Å². The monoisotopic (exact) mass is 440 g/mol. The molecule has 0 saturated carbocycles. The number of rotatable bonds is 5. The molecule has 1 N–H and O–H groups in total. The molecular weight excluding hydrogens is 422 g/mol. The molecule has 1 aromatic carbocycles. The summed E-state index contributed by atoms with van der Waals surface area (Å²) in [5, 5.41) is 10.7. The number of halogens is 3. The van der Waals surface area contributed by atoms with E-state index in [9.17, 15) is 14.0 Å². The topological polar surface area (TPSA) is 84.4 Å². The number of hydrogen-bond acceptors (Lipinski definition) is 6. The zero-order valence-electron chi connectivity index (χ0n) is 15.6. The molecule has 1 amide bonds. The lowest BCUT2D eigenvalue weighted by molar-refractivity contribution is -0.157. The lowest BCUT2D eigenvalue weighted by atomic mass is 9.98. The van der Waals surface area contributed by atoms with E-state index in [-0.39, 0.29) is 10.7 Å². The maximum absolute atomic E-state index is 13.1. The van der Waals surface area contributed by atoms with Crippen molar-refractivity contribution < 1.29 is 18.7 Å². The molecule has 0 bridgehead atoms. The summed E-state index contributed by atoms with van der Waals surface area (Å²) in [6.07, 6.45) is 0.388. The molecule has 2 atom stereocenters. The van der Waals surface area contributed by atoms with Crippen LogP contribution < -0.4 is 10.2 Å². The fraction of sp³-hybridized carbons (Fsp3) is 0.368. The molecule has 0 aliphatic carbocycles. The van der Waals surface area contributed by atoms with E-state index in [2.05, 4.69) is 15.5 Å². The van der Waals surface area contributed by atoms with E-state index in [4.69, 9.17) is 27.9 Å². The third-order valence-electron chi connectivity index (χ3n) is 4.55. The molecule has 7 nitrogen and oxygen atoms in total. The SMILES string of the molecule is C[C@@H](OC(=O)[C@H]1CCCN(c2ccc(Cl)nn2)C1)C(=O)Nc1ccc(F)cc1Cl. The van der Waals surface area contributed by atoms with Gasteiger partial charge in [0.1, 0.15) is 5.82 Å². The highest BCUT2D eigenvalue weighted by atomic mass is 35.5. The summed E-state index contributed by atoms with van der Waals surface area (Å²) in [6.45, 7) is 2.61. The molecule has 1 saturated heterocycles. The average molecular weight is 441 g/mol. The third-order valence-corrected chi connectivity index (χ3v) is 5.06. The summed E-state index contributed by atoms with van der Waals surface area (Å²) in [5.41, 5.74) is 0.242. The van der Waals surface area contributed by atoms with Gasteiger partial charge in [-0.15, -0.1) is 10.2 Å². The van der Waals surface area contributed by atoms with Crippen LogP contribution in [0.2, 0.25) is 10.2 Å². The second-order valence-corrected chi connectivity index (χ2v) is 7.49. The number of aromatic nitrogens is 2. The number of esters is 1. The number of ether oxygens (including phenoxy) is 1. The van der Waals surface area contributed by atoms with Gasteiger partial charge in [-0.3, -0.25) is 9.59 Å². The van der Waals surface area contributed by atoms with Crippen LogP contribution in [0.4, 0.5) is 15.9 Å². The Morgan fingerprint density at radius 3 is 2.76 bits per heavy atom. The van der Waals surface area contributed by atoms with Crippen molar-refractivity contribution in [3.63, 3.8) is 0 Å². The van der Waals surface area contributed by atoms with E-state index in [0.29, 0.717) is 23.9 Å². The maximum Gasteiger partial charge on any atom is 0.311 e. The van der Waals surface area contributed by atoms with Gasteiger partial charge in [0.25, 0.3) is 5.91 Å². The van der Waals surface area contributed by atoms with E-state index in [1.807, 2.05) is 4.90 Å². The van der Waals surface area contributed by atoms with E-state index in [1.165, 1.54) is 19.1 Å². The number of nitrogens with zero attached hydrogens (tertiary/aromatic N) is 3. The van der Waals surface area contributed by atoms with Crippen LogP contribution in [0.3, 0.4) is 0 Å². The summed E-state index contributed by atoms with van der Waals surface area (Å²) in [5.74, 6) is -1.30. The van der Waals surface area contributed by atoms with Crippen molar-refractivity contribution in [3.8, 4) is 0 Å². The molecule has 1 aliphatic heterocycles. The second kappa shape index (κ2) is 9.37. The van der Waals surface area contributed by atoms with E-state index < -0.39 is 29.7 Å². The molecule has 0 spiro atoms. The van der Waals surface area contributed by atoms with Gasteiger partial charge < -0.3 is 15.0 Å². The van der Waals surface area contributed by atoms with Crippen LogP contribution in [-0.4, -0.2) is 41.3 Å². The molecule has 154 valence electrons. The summed E-state index contributed by atoms with van der Waals surface area (Å²) in [6, 6.07) is 6.99. The quantitative estimate of drug-likeness (QED) is 0.713. The van der Waals surface area contributed by atoms with Crippen LogP contribution in [0.5, 0.6) is 0 Å². The zero-order valence-corrected chi connectivity index (χ0v) is 17.1. The van der Waals surface area contributed by atoms with Crippen molar-refractivity contribution in [1.82, 2.24) is 10.2 Å². The summed E-state index contributed by atoms with van der Waals surface area (Å²) in [4.78, 5) is 26.8. The summed E-state index contributed by atoms with van der Waals surface area (Å²) < 4.78 is 18.4. The van der Waals surface area contributed by atoms with Gasteiger partial charge in [-0.1, -0.05) is 23.2 Å². The Hall–Kier alpha value is -2.45. The van der Waals surface area contributed by atoms with Gasteiger partial charge in [0.05, 0.1) is 16.6 Å². The average Bonchev–Trinajstić information content (AvgIpc) is 2.70. The Bertz CT molecular complexity index is 898. The fourth-order valence-electron chi connectivity index (χ4n) is 3.00. The van der Waals surface area contributed by atoms with E-state index in [0.717, 1.165) is 19.0 Å². The highest BCUT2D eigenvalue weighted by Gasteiger charge is 2.30. The Labute approximate surface area is 177 Å². The van der Waals surface area contributed by atoms with Crippen molar-refractivity contribution in [1.29, 1.82) is 0 Å². The highest BCUT2D eigenvalue weighted by Crippen LogP contribution is 2.24. The predicted octanol–water partition coefficient (Wildman–Crippen LogP) is 3.71. The van der Waals surface area contributed by atoms with E-state index >= 15 is 0 Å². The number of anilines is 2. The first-order valence-corrected chi connectivity index (χ1v) is 9.79. The number of hydrogen-bond donors (Lipinski definition) is 1. The first-order chi connectivity index (χ1) is 13.8. The number of carbonyl (C=O) groups excluding carboxylic acids is 2. The van der Waals surface area contributed by atoms with Crippen molar-refractivity contribution in [3.05, 3.63) is 46.3 Å². The highest BCUT2D eigenvalue weighted by molar-refractivity contribution is 6.33. The predicted molar refractivity (Wildman–Crippen MR) is 108 cm³/mol. The van der Waals surface area contributed by atoms with Gasteiger partial charge in [-0.25, -0.2) is 4.39 Å². The minimum absolute atomic E-state index is 0.0591. The Morgan fingerprint density at radius 1 is 1.28 bits per heavy atom. The van der Waals surface area contributed by atoms with Crippen molar-refractivity contribution in [2.24, 2.45) is 5.92 Å². The smallest absolute Gasteiger partial charge is 0.311 e. The molecule has 29 heavy (non-hydrogen) atoms. The lowest BCUT2D eigenvalue weighted by Gasteiger charge is -2.32. The van der Waals surface area contributed by atoms with Crippen LogP contribution in [0.15, 0.2) is 30.3 Å². The standard InChI is InChI=1S/C19H19Cl2FN4O3/c1-11(18(27)23-15-5-4-13(22)9-14(15)20)29-19(28)12-3-2-8-26(10-12)17-7-6-16(21)24-25-17/h4-7,9,11-12H,2-3,8,10H2,1H3,(H,23,27)/t11-,12+/m1/s1. The number of amides is 1. The Morgan fingerprint density at radius 2 is 2.07 bits per heavy atom. The lowest BCUT2D eigenvalue weighted by Crippen LogP contribution is -2.41. The van der Waals surface area contributed by atoms with E-state index in [1.54, 1.807) is 12.1 Å². The molecule has 2 heterocycles. The second-order valence-electron chi connectivity index (χ2n) is 6.69. The van der Waals surface area contributed by atoms with Gasteiger partial charge in [0.15, 0.2) is 17.1 Å². The van der Waals surface area contributed by atoms with Crippen LogP contribution in [0.1, 0.15) is 19.8 Å². The van der Waals surface area contributed by atoms with Gasteiger partial charge in [-0.2, -0.15) is 0 Å². The van der Waals surface area contributed by atoms with Crippen LogP contribution in [-0.2, 0) is 14.3 Å². The van der Waals surface area contributed by atoms with Gasteiger partial charge in [-0.05, 0) is 50.1 Å². The number of carbonyl (C=O) groups is 2. The number of nitrogens with one attached hydrogen (secondary N) is 1. The molecule has 1 aromatic heterocycles. The first-order valence-electron chi connectivity index (χ1n) is 9.04. The molecular formula is C19H19Cl2FN4O3. The van der Waals surface area contributed by atoms with Crippen LogP contribution >= 0.6 is 23.2 Å². The van der Waals surface area contributed by atoms with Crippen molar-refractivity contribution >= 4 is 46.6 Å². The molecule has 1 fully saturated rings. The Kier molecular flexibility index (Phi) is 6.87. The molecule has 0 unspecified atom stereocenters. The van der Waals surface area contributed by atoms with Crippen LogP contribution in [0, 0.1) is 11.7 Å².